The number of Topliss-reactive ketones (excluding diaryl/α,β-unsaturated/α-hetero) is 1. The molecule has 0 N–H and O–H groups in total. The predicted octanol–water partition coefficient (Wildman–Crippen LogP) is 3.58. The van der Waals surface area contributed by atoms with Gasteiger partial charge >= 0.3 is 0 Å². The molecule has 142 valence electrons. The van der Waals surface area contributed by atoms with E-state index in [4.69, 9.17) is 4.74 Å². The summed E-state index contributed by atoms with van der Waals surface area (Å²) >= 11 is 1.62. The Morgan fingerprint density at radius 3 is 2.89 bits per heavy atom. The molecule has 3 aliphatic heterocycles. The first kappa shape index (κ1) is 17.4. The minimum atomic E-state index is -0.418. The van der Waals surface area contributed by atoms with E-state index in [0.717, 1.165) is 36.6 Å². The van der Waals surface area contributed by atoms with Crippen molar-refractivity contribution in [3.05, 3.63) is 46.5 Å². The molecule has 1 aromatic carbocycles. The molecule has 0 unspecified atom stereocenters. The van der Waals surface area contributed by atoms with Crippen LogP contribution in [0.1, 0.15) is 25.3 Å². The second-order valence-electron chi connectivity index (χ2n) is 8.07. The molecule has 0 radical (unpaired) electrons. The summed E-state index contributed by atoms with van der Waals surface area (Å²) in [6.07, 6.45) is 8.41. The van der Waals surface area contributed by atoms with Gasteiger partial charge in [0.1, 0.15) is 5.75 Å². The zero-order chi connectivity index (χ0) is 19.0. The number of carbonyl (C=O) groups excluding carboxylic acids is 1. The van der Waals surface area contributed by atoms with Crippen LogP contribution in [-0.4, -0.2) is 50.2 Å². The second kappa shape index (κ2) is 5.65. The van der Waals surface area contributed by atoms with E-state index in [1.54, 1.807) is 18.9 Å². The summed E-state index contributed by atoms with van der Waals surface area (Å²) in [5.74, 6) is 1.18. The molecule has 4 aliphatic rings. The number of ether oxygens (including phenoxy) is 1. The fraction of sp³-hybridized carbons (Fsp3) is 0.500. The van der Waals surface area contributed by atoms with Crippen LogP contribution in [0.2, 0.25) is 0 Å². The van der Waals surface area contributed by atoms with Crippen LogP contribution < -0.4 is 9.64 Å². The normalized spacial score (nSPS) is 34.0. The third-order valence-corrected chi connectivity index (χ3v) is 8.09. The Kier molecular flexibility index (Phi) is 3.63. The molecule has 5 rings (SSSR count). The summed E-state index contributed by atoms with van der Waals surface area (Å²) in [6, 6.07) is 6.66. The van der Waals surface area contributed by atoms with Gasteiger partial charge in [-0.2, -0.15) is 0 Å². The van der Waals surface area contributed by atoms with E-state index >= 15 is 0 Å². The zero-order valence-corrected chi connectivity index (χ0v) is 17.2. The van der Waals surface area contributed by atoms with Crippen LogP contribution in [0.3, 0.4) is 0 Å². The van der Waals surface area contributed by atoms with Crippen LogP contribution in [-0.2, 0) is 10.2 Å². The SMILES string of the molecule is CC[C@]12C=CCN3CC[C@]4(C(=C(SC)C1=O)N(C)c1cc(OC)ccc14)[C@@H]32. The van der Waals surface area contributed by atoms with E-state index in [0.29, 0.717) is 5.78 Å². The fourth-order valence-electron chi connectivity index (χ4n) is 6.25. The number of thioether (sulfide) groups is 1. The highest BCUT2D eigenvalue weighted by molar-refractivity contribution is 8.03. The zero-order valence-electron chi connectivity index (χ0n) is 16.4. The lowest BCUT2D eigenvalue weighted by Crippen LogP contribution is -2.61. The molecule has 3 atom stereocenters. The van der Waals surface area contributed by atoms with Gasteiger partial charge in [-0.1, -0.05) is 25.1 Å². The molecule has 1 saturated heterocycles. The lowest BCUT2D eigenvalue weighted by molar-refractivity contribution is -0.127. The molecule has 0 bridgehead atoms. The molecule has 5 heteroatoms. The molecule has 4 nitrogen and oxygen atoms in total. The van der Waals surface area contributed by atoms with Crippen molar-refractivity contribution >= 4 is 23.2 Å². The minimum absolute atomic E-state index is 0.108. The highest BCUT2D eigenvalue weighted by Gasteiger charge is 2.68. The fourth-order valence-corrected chi connectivity index (χ4v) is 7.14. The van der Waals surface area contributed by atoms with Gasteiger partial charge in [0.15, 0.2) is 5.78 Å². The molecular weight excluding hydrogens is 356 g/mol. The Bertz CT molecular complexity index is 908. The van der Waals surface area contributed by atoms with Crippen LogP contribution in [0.4, 0.5) is 5.69 Å². The van der Waals surface area contributed by atoms with Crippen LogP contribution in [0.15, 0.2) is 41.0 Å². The van der Waals surface area contributed by atoms with Crippen LogP contribution >= 0.6 is 11.8 Å². The smallest absolute Gasteiger partial charge is 0.182 e. The molecule has 1 spiro atoms. The number of carbonyl (C=O) groups is 1. The number of fused-ring (bicyclic) bond motifs is 1. The maximum absolute atomic E-state index is 13.8. The van der Waals surface area contributed by atoms with Gasteiger partial charge in [0.25, 0.3) is 0 Å². The van der Waals surface area contributed by atoms with E-state index < -0.39 is 5.41 Å². The molecule has 1 aromatic rings. The highest BCUT2D eigenvalue weighted by atomic mass is 32.2. The Morgan fingerprint density at radius 2 is 2.19 bits per heavy atom. The summed E-state index contributed by atoms with van der Waals surface area (Å²) < 4.78 is 5.50. The predicted molar refractivity (Wildman–Crippen MR) is 110 cm³/mol. The van der Waals surface area contributed by atoms with Crippen molar-refractivity contribution in [3.8, 4) is 5.75 Å². The van der Waals surface area contributed by atoms with E-state index in [1.807, 2.05) is 6.26 Å². The van der Waals surface area contributed by atoms with E-state index in [2.05, 4.69) is 54.1 Å². The van der Waals surface area contributed by atoms with E-state index in [9.17, 15) is 4.79 Å². The maximum Gasteiger partial charge on any atom is 0.182 e. The largest absolute Gasteiger partial charge is 0.497 e. The van der Waals surface area contributed by atoms with Gasteiger partial charge in [0.05, 0.1) is 22.8 Å². The molecule has 0 aromatic heterocycles. The Balaban J connectivity index is 1.87. The van der Waals surface area contributed by atoms with Gasteiger partial charge in [0.2, 0.25) is 0 Å². The van der Waals surface area contributed by atoms with Crippen molar-refractivity contribution in [1.82, 2.24) is 4.90 Å². The second-order valence-corrected chi connectivity index (χ2v) is 8.88. The standard InChI is InChI=1S/C22H26N2O2S/c1-5-21-9-6-11-24-12-10-22(20(21)24)15-8-7-14(26-3)13-16(15)23(2)18(22)17(27-4)19(21)25/h6-9,13,20H,5,10-12H2,1-4H3/t20-,21-,22-/m0/s1. The number of benzene rings is 1. The number of allylic oxidation sites excluding steroid dienone is 1. The number of rotatable bonds is 3. The van der Waals surface area contributed by atoms with Gasteiger partial charge in [-0.05, 0) is 30.7 Å². The molecular formula is C22H26N2O2S. The molecule has 0 amide bonds. The Hall–Kier alpha value is -1.72. The Morgan fingerprint density at radius 1 is 1.37 bits per heavy atom. The van der Waals surface area contributed by atoms with Crippen molar-refractivity contribution in [2.75, 3.05) is 38.4 Å². The summed E-state index contributed by atoms with van der Waals surface area (Å²) in [4.78, 5) is 19.6. The van der Waals surface area contributed by atoms with Crippen LogP contribution in [0.25, 0.3) is 0 Å². The number of likely N-dealkylation sites (N-methyl/N-ethyl adjacent to an activating group) is 1. The monoisotopic (exact) mass is 382 g/mol. The number of hydrogen-bond donors (Lipinski definition) is 0. The van der Waals surface area contributed by atoms with Crippen molar-refractivity contribution in [1.29, 1.82) is 0 Å². The molecule has 1 fully saturated rings. The van der Waals surface area contributed by atoms with E-state index in [1.165, 1.54) is 16.9 Å². The topological polar surface area (TPSA) is 32.8 Å². The maximum atomic E-state index is 13.8. The number of hydrogen-bond acceptors (Lipinski definition) is 5. The first-order chi connectivity index (χ1) is 13.0. The van der Waals surface area contributed by atoms with Crippen molar-refractivity contribution in [3.63, 3.8) is 0 Å². The molecule has 3 heterocycles. The number of ketones is 1. The van der Waals surface area contributed by atoms with Gasteiger partial charge in [-0.15, -0.1) is 11.8 Å². The average Bonchev–Trinajstić information content (AvgIpc) is 3.21. The van der Waals surface area contributed by atoms with Gasteiger partial charge < -0.3 is 9.64 Å². The van der Waals surface area contributed by atoms with Gasteiger partial charge in [-0.3, -0.25) is 9.69 Å². The average molecular weight is 383 g/mol. The van der Waals surface area contributed by atoms with E-state index in [-0.39, 0.29) is 11.5 Å². The van der Waals surface area contributed by atoms with Crippen LogP contribution in [0.5, 0.6) is 5.75 Å². The summed E-state index contributed by atoms with van der Waals surface area (Å²) in [7, 11) is 3.83. The Labute approximate surface area is 165 Å². The number of anilines is 1. The third-order valence-electron chi connectivity index (χ3n) is 7.31. The summed E-state index contributed by atoms with van der Waals surface area (Å²) in [5, 5.41) is 0. The summed E-state index contributed by atoms with van der Waals surface area (Å²) in [5.41, 5.74) is 3.24. The lowest BCUT2D eigenvalue weighted by Gasteiger charge is -2.53. The number of nitrogens with zero attached hydrogens (tertiary/aromatic N) is 2. The van der Waals surface area contributed by atoms with Crippen LogP contribution in [0, 0.1) is 5.41 Å². The van der Waals surface area contributed by atoms with Gasteiger partial charge in [-0.25, -0.2) is 0 Å². The number of methoxy groups -OCH3 is 1. The molecule has 0 saturated carbocycles. The highest BCUT2D eigenvalue weighted by Crippen LogP contribution is 2.65. The molecule has 27 heavy (non-hydrogen) atoms. The van der Waals surface area contributed by atoms with Gasteiger partial charge in [0, 0.05) is 43.6 Å². The van der Waals surface area contributed by atoms with Crippen molar-refractivity contribution < 1.29 is 9.53 Å². The lowest BCUT2D eigenvalue weighted by atomic mass is 9.56. The quantitative estimate of drug-likeness (QED) is 0.746. The summed E-state index contributed by atoms with van der Waals surface area (Å²) in [6.45, 7) is 4.15. The van der Waals surface area contributed by atoms with Crippen molar-refractivity contribution in [2.45, 2.75) is 31.2 Å². The first-order valence-electron chi connectivity index (χ1n) is 9.72. The molecule has 1 aliphatic carbocycles. The first-order valence-corrected chi connectivity index (χ1v) is 10.9. The minimum Gasteiger partial charge on any atom is -0.497 e. The third kappa shape index (κ3) is 1.82. The van der Waals surface area contributed by atoms with Crippen molar-refractivity contribution in [2.24, 2.45) is 5.41 Å².